The molecule has 12 aromatic carbocycles. The summed E-state index contributed by atoms with van der Waals surface area (Å²) >= 11 is 20.0. The number of nitro benzene ring substituents is 1. The molecule has 0 bridgehead atoms. The highest BCUT2D eigenvalue weighted by Crippen LogP contribution is 2.48. The van der Waals surface area contributed by atoms with Crippen molar-refractivity contribution in [2.75, 3.05) is 38.1 Å². The van der Waals surface area contributed by atoms with Crippen molar-refractivity contribution in [3.05, 3.63) is 394 Å². The van der Waals surface area contributed by atoms with Crippen LogP contribution in [0.15, 0.2) is 291 Å². The minimum atomic E-state index is -0.470. The van der Waals surface area contributed by atoms with Gasteiger partial charge in [0.2, 0.25) is 0 Å². The third-order valence-corrected chi connectivity index (χ3v) is 19.0. The Morgan fingerprint density at radius 2 is 0.680 bits per heavy atom. The van der Waals surface area contributed by atoms with Gasteiger partial charge in [-0.2, -0.15) is 0 Å². The van der Waals surface area contributed by atoms with E-state index in [2.05, 4.69) is 71.3 Å². The van der Waals surface area contributed by atoms with Crippen LogP contribution < -0.4 is 31.1 Å². The number of nitrogens with two attached hydrogens (primary N) is 1. The van der Waals surface area contributed by atoms with Crippen molar-refractivity contribution in [3.63, 3.8) is 0 Å². The molecule has 478 valence electrons. The van der Waals surface area contributed by atoms with E-state index in [0.717, 1.165) is 94.0 Å². The van der Waals surface area contributed by atoms with Gasteiger partial charge in [0, 0.05) is 97.3 Å². The van der Waals surface area contributed by atoms with Gasteiger partial charge in [-0.15, -0.1) is 0 Å². The first kappa shape index (κ1) is 64.4. The molecular formula is C82H64Cl3N7O5. The Hall–Kier alpha value is -11.3. The molecular weight excluding hydrogens is 1270 g/mol. The number of nitro groups is 1. The fraction of sp³-hybridized carbons (Fsp3) is 0.0854. The van der Waals surface area contributed by atoms with Crippen LogP contribution in [0.5, 0.6) is 0 Å². The Morgan fingerprint density at radius 3 is 1.04 bits per heavy atom. The second-order valence-corrected chi connectivity index (χ2v) is 24.9. The number of carbonyl (C=O) groups excluding carboxylic acids is 3. The normalized spacial score (nSPS) is 14.8. The van der Waals surface area contributed by atoms with Gasteiger partial charge in [0.25, 0.3) is 17.5 Å². The fourth-order valence-corrected chi connectivity index (χ4v) is 14.1. The number of anilines is 6. The van der Waals surface area contributed by atoms with Crippen molar-refractivity contribution in [2.24, 2.45) is 0 Å². The number of fused-ring (bicyclic) bond motifs is 6. The highest BCUT2D eigenvalue weighted by Gasteiger charge is 2.36. The van der Waals surface area contributed by atoms with E-state index in [1.165, 1.54) is 29.8 Å². The van der Waals surface area contributed by atoms with Gasteiger partial charge in [0.1, 0.15) is 0 Å². The van der Waals surface area contributed by atoms with E-state index >= 15 is 0 Å². The van der Waals surface area contributed by atoms with Gasteiger partial charge in [-0.25, -0.2) is 4.79 Å². The van der Waals surface area contributed by atoms with Crippen molar-refractivity contribution in [2.45, 2.75) is 37.4 Å². The SMILES string of the molecule is CNc1ccc(C(=O)N2Cc3ccccc3C(c3ccccc3Cl)c3ccccc32)cc1.Nc1ccc(C(=O)N2Cc3ccccc3C(c3ccccc3Cl)c3ccccc32)cc1.O=C(Nc1ccc([N+](=O)[O-])cc1)N1Cc2ccccc2C(c2ccccc2Cl)c2ccccc21. The molecule has 4 amide bonds. The van der Waals surface area contributed by atoms with Gasteiger partial charge in [0.15, 0.2) is 0 Å². The molecule has 3 aliphatic heterocycles. The van der Waals surface area contributed by atoms with Crippen LogP contribution in [0.3, 0.4) is 0 Å². The van der Waals surface area contributed by atoms with E-state index in [4.69, 9.17) is 40.5 Å². The fourth-order valence-electron chi connectivity index (χ4n) is 13.3. The predicted molar refractivity (Wildman–Crippen MR) is 392 cm³/mol. The lowest BCUT2D eigenvalue weighted by Crippen LogP contribution is -2.34. The molecule has 15 rings (SSSR count). The van der Waals surface area contributed by atoms with Crippen molar-refractivity contribution >= 4 is 92.5 Å². The second-order valence-electron chi connectivity index (χ2n) is 23.7. The van der Waals surface area contributed by atoms with Gasteiger partial charge < -0.3 is 26.2 Å². The molecule has 0 aromatic heterocycles. The van der Waals surface area contributed by atoms with Crippen LogP contribution in [0.4, 0.5) is 44.6 Å². The van der Waals surface area contributed by atoms with Crippen LogP contribution in [-0.2, 0) is 19.6 Å². The van der Waals surface area contributed by atoms with E-state index in [9.17, 15) is 24.5 Å². The minimum absolute atomic E-state index is 0.0188. The molecule has 15 heteroatoms. The number of benzene rings is 12. The Morgan fingerprint density at radius 1 is 0.381 bits per heavy atom. The zero-order chi connectivity index (χ0) is 67.1. The molecule has 3 unspecified atom stereocenters. The topological polar surface area (TPSA) is 154 Å². The molecule has 0 saturated carbocycles. The van der Waals surface area contributed by atoms with Crippen molar-refractivity contribution < 1.29 is 19.3 Å². The Balaban J connectivity index is 0.000000131. The number of urea groups is 1. The van der Waals surface area contributed by atoms with Crippen LogP contribution in [0.25, 0.3) is 0 Å². The van der Waals surface area contributed by atoms with Crippen LogP contribution in [0, 0.1) is 10.1 Å². The summed E-state index contributed by atoms with van der Waals surface area (Å²) in [6, 6.07) is 92.6. The number of nitrogens with zero attached hydrogens (tertiary/aromatic N) is 4. The molecule has 3 aliphatic rings. The standard InChI is InChI=1S/C28H23ClN2O.C27H20ClN3O3.C27H21ClN2O/c1-30-21-16-14-19(15-17-21)28(32)31-18-20-8-2-3-9-22(20)27(23-10-4-6-12-25(23)29)24-11-5-7-13-26(24)31;28-24-11-5-3-9-22(24)26-21-8-2-1-7-18(21)17-30(25-12-6-4-10-23(25)26)27(32)29-19-13-15-20(16-14-19)31(33)34;28-24-11-5-3-9-22(24)26-21-8-2-1-7-19(21)17-30(25-12-6-4-10-23(25)26)27(31)18-13-15-20(29)16-14-18/h2-17,27,30H,18H2,1H3;1-16,26H,17H2,(H,29,32);1-16,26H,17,29H2. The summed E-state index contributed by atoms with van der Waals surface area (Å²) in [4.78, 5) is 56.7. The quantitative estimate of drug-likeness (QED) is 0.0777. The maximum absolute atomic E-state index is 13.7. The van der Waals surface area contributed by atoms with E-state index in [1.807, 2.05) is 199 Å². The number of halogens is 3. The average Bonchev–Trinajstić information content (AvgIpc) is 1.67. The maximum Gasteiger partial charge on any atom is 0.326 e. The van der Waals surface area contributed by atoms with Gasteiger partial charge in [-0.3, -0.25) is 24.6 Å². The van der Waals surface area contributed by atoms with Gasteiger partial charge >= 0.3 is 6.03 Å². The maximum atomic E-state index is 13.7. The number of amides is 4. The Bertz CT molecular complexity index is 4910. The highest BCUT2D eigenvalue weighted by molar-refractivity contribution is 6.32. The molecule has 0 aliphatic carbocycles. The van der Waals surface area contributed by atoms with Crippen molar-refractivity contribution in [1.29, 1.82) is 0 Å². The number of para-hydroxylation sites is 3. The number of nitrogen functional groups attached to an aromatic ring is 1. The zero-order valence-electron chi connectivity index (χ0n) is 52.6. The van der Waals surface area contributed by atoms with E-state index in [0.29, 0.717) is 47.2 Å². The molecule has 3 heterocycles. The molecule has 4 N–H and O–H groups in total. The molecule has 97 heavy (non-hydrogen) atoms. The average molecular weight is 1330 g/mol. The first-order valence-corrected chi connectivity index (χ1v) is 32.8. The largest absolute Gasteiger partial charge is 0.399 e. The third kappa shape index (κ3) is 13.4. The van der Waals surface area contributed by atoms with E-state index in [1.54, 1.807) is 29.2 Å². The lowest BCUT2D eigenvalue weighted by Gasteiger charge is -2.25. The molecule has 12 aromatic rings. The number of hydrogen-bond donors (Lipinski definition) is 3. The summed E-state index contributed by atoms with van der Waals surface area (Å²) in [6.45, 7) is 1.35. The van der Waals surface area contributed by atoms with Crippen molar-refractivity contribution in [1.82, 2.24) is 0 Å². The summed E-state index contributed by atoms with van der Waals surface area (Å²) in [7, 11) is 1.87. The van der Waals surface area contributed by atoms with E-state index < -0.39 is 4.92 Å². The van der Waals surface area contributed by atoms with Crippen LogP contribution in [0.1, 0.15) is 105 Å². The van der Waals surface area contributed by atoms with Crippen molar-refractivity contribution in [3.8, 4) is 0 Å². The lowest BCUT2D eigenvalue weighted by atomic mass is 9.83. The van der Waals surface area contributed by atoms with Crippen LogP contribution in [0.2, 0.25) is 15.1 Å². The molecule has 12 nitrogen and oxygen atoms in total. The Kier molecular flexibility index (Phi) is 19.1. The van der Waals surface area contributed by atoms with Crippen LogP contribution in [-0.4, -0.2) is 29.8 Å². The summed E-state index contributed by atoms with van der Waals surface area (Å²) in [5.41, 5.74) is 24.6. The summed E-state index contributed by atoms with van der Waals surface area (Å²) in [6.07, 6.45) is 0. The first-order chi connectivity index (χ1) is 47.3. The second kappa shape index (κ2) is 28.7. The Labute approximate surface area is 577 Å². The number of rotatable bonds is 8. The molecule has 0 radical (unpaired) electrons. The lowest BCUT2D eigenvalue weighted by molar-refractivity contribution is -0.384. The number of non-ortho nitro benzene ring substituents is 1. The number of hydrogen-bond acceptors (Lipinski definition) is 7. The first-order valence-electron chi connectivity index (χ1n) is 31.7. The zero-order valence-corrected chi connectivity index (χ0v) is 54.9. The molecule has 0 saturated heterocycles. The highest BCUT2D eigenvalue weighted by atomic mass is 35.5. The number of nitrogens with one attached hydrogen (secondary N) is 2. The summed E-state index contributed by atoms with van der Waals surface area (Å²) in [5, 5.41) is 19.0. The third-order valence-electron chi connectivity index (χ3n) is 18.0. The van der Waals surface area contributed by atoms with Gasteiger partial charge in [0.05, 0.1) is 24.6 Å². The summed E-state index contributed by atoms with van der Waals surface area (Å²) < 4.78 is 0. The molecule has 0 fully saturated rings. The predicted octanol–water partition coefficient (Wildman–Crippen LogP) is 20.0. The van der Waals surface area contributed by atoms with Gasteiger partial charge in [-0.1, -0.05) is 217 Å². The minimum Gasteiger partial charge on any atom is -0.399 e. The number of carbonyl (C=O) groups is 3. The summed E-state index contributed by atoms with van der Waals surface area (Å²) in [5.74, 6) is -0.332. The van der Waals surface area contributed by atoms with Gasteiger partial charge in [-0.05, 0) is 164 Å². The molecule has 3 atom stereocenters. The van der Waals surface area contributed by atoms with Crippen LogP contribution >= 0.6 is 34.8 Å². The molecule has 0 spiro atoms. The van der Waals surface area contributed by atoms with E-state index in [-0.39, 0.29) is 41.3 Å². The monoisotopic (exact) mass is 1330 g/mol. The smallest absolute Gasteiger partial charge is 0.326 e.